The van der Waals surface area contributed by atoms with Gasteiger partial charge in [-0.3, -0.25) is 14.4 Å². The van der Waals surface area contributed by atoms with Crippen LogP contribution in [-0.2, 0) is 23.9 Å². The van der Waals surface area contributed by atoms with Crippen molar-refractivity contribution in [3.8, 4) is 0 Å². The van der Waals surface area contributed by atoms with Gasteiger partial charge in [0.15, 0.2) is 0 Å². The van der Waals surface area contributed by atoms with E-state index in [1.165, 1.54) is 0 Å². The maximum atomic E-state index is 14.4. The minimum Gasteiger partial charge on any atom is -0.465 e. The van der Waals surface area contributed by atoms with Crippen molar-refractivity contribution in [3.63, 3.8) is 0 Å². The number of allylic oxidation sites excluding steroid dienone is 1. The Morgan fingerprint density at radius 3 is 2.47 bits per heavy atom. The first kappa shape index (κ1) is 26.9. The molecule has 0 aliphatic carbocycles. The van der Waals surface area contributed by atoms with Crippen LogP contribution in [0.25, 0.3) is 0 Å². The molecule has 0 saturated carbocycles. The molecule has 8 nitrogen and oxygen atoms in total. The van der Waals surface area contributed by atoms with Crippen molar-refractivity contribution >= 4 is 17.8 Å². The fourth-order valence-electron chi connectivity index (χ4n) is 6.51. The molecule has 0 aromatic heterocycles. The van der Waals surface area contributed by atoms with Gasteiger partial charge in [-0.1, -0.05) is 44.6 Å². The van der Waals surface area contributed by atoms with Gasteiger partial charge in [-0.25, -0.2) is 0 Å². The molecule has 7 atom stereocenters. The Labute approximate surface area is 214 Å². The van der Waals surface area contributed by atoms with Crippen LogP contribution >= 0.6 is 0 Å². The van der Waals surface area contributed by atoms with E-state index >= 15 is 0 Å². The molecule has 36 heavy (non-hydrogen) atoms. The van der Waals surface area contributed by atoms with E-state index in [0.717, 1.165) is 25.7 Å². The summed E-state index contributed by atoms with van der Waals surface area (Å²) in [7, 11) is 0. The van der Waals surface area contributed by atoms with E-state index in [4.69, 9.17) is 9.47 Å². The van der Waals surface area contributed by atoms with Gasteiger partial charge in [-0.2, -0.15) is 0 Å². The summed E-state index contributed by atoms with van der Waals surface area (Å²) in [5.41, 5.74) is -2.94. The summed E-state index contributed by atoms with van der Waals surface area (Å²) in [6.07, 6.45) is 10.8. The fraction of sp³-hybridized carbons (Fsp3) is 0.750. The summed E-state index contributed by atoms with van der Waals surface area (Å²) >= 11 is 0. The number of aliphatic hydroxyl groups excluding tert-OH is 1. The van der Waals surface area contributed by atoms with Gasteiger partial charge in [0.05, 0.1) is 30.8 Å². The van der Waals surface area contributed by atoms with Crippen LogP contribution in [0.3, 0.4) is 0 Å². The highest BCUT2D eigenvalue weighted by molar-refractivity contribution is 5.99. The second-order valence-corrected chi connectivity index (χ2v) is 12.0. The maximum absolute atomic E-state index is 14.4. The van der Waals surface area contributed by atoms with Crippen LogP contribution in [0, 0.1) is 17.8 Å². The molecule has 0 aromatic rings. The Balaban J connectivity index is 1.93. The number of cyclic esters (lactones) is 1. The first-order valence-corrected chi connectivity index (χ1v) is 13.4. The summed E-state index contributed by atoms with van der Waals surface area (Å²) in [6.45, 7) is 12.1. The molecule has 4 rings (SSSR count). The van der Waals surface area contributed by atoms with E-state index in [9.17, 15) is 19.5 Å². The maximum Gasteiger partial charge on any atom is 0.313 e. The smallest absolute Gasteiger partial charge is 0.313 e. The zero-order chi connectivity index (χ0) is 26.5. The lowest BCUT2D eigenvalue weighted by atomic mass is 9.74. The van der Waals surface area contributed by atoms with Crippen LogP contribution in [-0.4, -0.2) is 81.3 Å². The number of nitrogens with zero attached hydrogens (tertiary/aromatic N) is 2. The largest absolute Gasteiger partial charge is 0.465 e. The quantitative estimate of drug-likeness (QED) is 0.469. The molecular formula is C28H42N2O6. The molecular weight excluding hydrogens is 460 g/mol. The van der Waals surface area contributed by atoms with Gasteiger partial charge in [-0.05, 0) is 52.9 Å². The van der Waals surface area contributed by atoms with Crippen LogP contribution in [0.1, 0.15) is 67.2 Å². The number of carbonyl (C=O) groups excluding carboxylic acids is 3. The van der Waals surface area contributed by atoms with E-state index in [2.05, 4.69) is 0 Å². The third-order valence-corrected chi connectivity index (χ3v) is 8.59. The summed E-state index contributed by atoms with van der Waals surface area (Å²) in [5, 5.41) is 10.4. The monoisotopic (exact) mass is 502 g/mol. The van der Waals surface area contributed by atoms with Crippen molar-refractivity contribution in [2.75, 3.05) is 19.8 Å². The summed E-state index contributed by atoms with van der Waals surface area (Å²) in [6, 6.07) is -1.57. The highest BCUT2D eigenvalue weighted by atomic mass is 16.6. The lowest BCUT2D eigenvalue weighted by Gasteiger charge is -2.44. The highest BCUT2D eigenvalue weighted by Crippen LogP contribution is 2.58. The molecule has 0 radical (unpaired) electrons. The van der Waals surface area contributed by atoms with Gasteiger partial charge in [0.1, 0.15) is 17.6 Å². The molecule has 1 unspecified atom stereocenters. The topological polar surface area (TPSA) is 96.4 Å². The number of carbonyl (C=O) groups is 3. The predicted octanol–water partition coefficient (Wildman–Crippen LogP) is 2.84. The number of fused-ring (bicyclic) bond motifs is 2. The lowest BCUT2D eigenvalue weighted by Crippen LogP contribution is -2.62. The third kappa shape index (κ3) is 4.10. The molecule has 2 fully saturated rings. The van der Waals surface area contributed by atoms with Crippen LogP contribution < -0.4 is 0 Å². The number of ether oxygens (including phenoxy) is 2. The Bertz CT molecular complexity index is 954. The first-order valence-electron chi connectivity index (χ1n) is 13.4. The molecule has 2 amide bonds. The van der Waals surface area contributed by atoms with Crippen LogP contribution in [0.15, 0.2) is 24.3 Å². The molecule has 4 aliphatic rings. The third-order valence-electron chi connectivity index (χ3n) is 8.59. The van der Waals surface area contributed by atoms with Crippen molar-refractivity contribution in [3.05, 3.63) is 24.3 Å². The van der Waals surface area contributed by atoms with E-state index in [1.54, 1.807) is 9.80 Å². The number of likely N-dealkylation sites (tertiary alicyclic amines) is 1. The number of rotatable bonds is 4. The fourth-order valence-corrected chi connectivity index (χ4v) is 6.51. The Morgan fingerprint density at radius 2 is 1.83 bits per heavy atom. The van der Waals surface area contributed by atoms with Crippen molar-refractivity contribution in [1.82, 2.24) is 9.80 Å². The van der Waals surface area contributed by atoms with E-state index in [0.29, 0.717) is 13.2 Å². The standard InChI is InChI=1S/C28H42N2O6/c1-7-18(2)19(17-31)30-22-24(33)29(26(3,4)5)15-12-14-28(22)20(23(30)32)21-25(34)35-16-11-9-8-10-13-27(21,6)36-28/h10,12-14,18-22,31H,7-9,11,15-17H2,1-6H3/b13-10-/t18-,19-,20-,21+,22?,27-,28-/m0/s1. The van der Waals surface area contributed by atoms with E-state index in [1.807, 2.05) is 65.8 Å². The van der Waals surface area contributed by atoms with Gasteiger partial charge in [-0.15, -0.1) is 0 Å². The van der Waals surface area contributed by atoms with E-state index < -0.39 is 46.6 Å². The van der Waals surface area contributed by atoms with Gasteiger partial charge >= 0.3 is 5.97 Å². The lowest BCUT2D eigenvalue weighted by molar-refractivity contribution is -0.163. The summed E-state index contributed by atoms with van der Waals surface area (Å²) < 4.78 is 12.5. The summed E-state index contributed by atoms with van der Waals surface area (Å²) in [4.78, 5) is 45.5. The molecule has 0 bridgehead atoms. The van der Waals surface area contributed by atoms with Crippen LogP contribution in [0.2, 0.25) is 0 Å². The van der Waals surface area contributed by atoms with Gasteiger partial charge in [0.2, 0.25) is 11.8 Å². The van der Waals surface area contributed by atoms with Crippen LogP contribution in [0.5, 0.6) is 0 Å². The number of esters is 1. The van der Waals surface area contributed by atoms with Gasteiger partial charge in [0.25, 0.3) is 0 Å². The number of hydrogen-bond acceptors (Lipinski definition) is 6. The zero-order valence-electron chi connectivity index (χ0n) is 22.5. The molecule has 0 aromatic carbocycles. The second-order valence-electron chi connectivity index (χ2n) is 12.0. The van der Waals surface area contributed by atoms with Crippen molar-refractivity contribution < 1.29 is 29.0 Å². The number of hydrogen-bond donors (Lipinski definition) is 1. The SMILES string of the molecule is CC[C@H](C)[C@H](CO)N1C(=O)[C@@H]2[C@@H]3C(=O)OCCCC/C=C\[C@]3(C)O[C@@]23C=CCN(C(C)(C)C)C(=O)C13. The molecule has 8 heteroatoms. The summed E-state index contributed by atoms with van der Waals surface area (Å²) in [5.74, 6) is -2.91. The minimum absolute atomic E-state index is 0.0553. The number of amides is 2. The average molecular weight is 503 g/mol. The van der Waals surface area contributed by atoms with Crippen molar-refractivity contribution in [2.45, 2.75) is 96.1 Å². The van der Waals surface area contributed by atoms with Crippen molar-refractivity contribution in [1.29, 1.82) is 0 Å². The molecule has 2 saturated heterocycles. The van der Waals surface area contributed by atoms with Gasteiger partial charge in [0, 0.05) is 12.1 Å². The first-order chi connectivity index (χ1) is 16.9. The minimum atomic E-state index is -1.34. The molecule has 200 valence electrons. The van der Waals surface area contributed by atoms with Crippen LogP contribution in [0.4, 0.5) is 0 Å². The van der Waals surface area contributed by atoms with E-state index in [-0.39, 0.29) is 24.3 Å². The van der Waals surface area contributed by atoms with Crippen molar-refractivity contribution in [2.24, 2.45) is 17.8 Å². The Hall–Kier alpha value is -2.19. The zero-order valence-corrected chi connectivity index (χ0v) is 22.5. The average Bonchev–Trinajstić information content (AvgIpc) is 3.13. The normalized spacial score (nSPS) is 37.5. The van der Waals surface area contributed by atoms with Gasteiger partial charge < -0.3 is 24.4 Å². The molecule has 1 N–H and O–H groups in total. The molecule has 4 heterocycles. The Morgan fingerprint density at radius 1 is 1.11 bits per heavy atom. The molecule has 4 aliphatic heterocycles. The highest BCUT2D eigenvalue weighted by Gasteiger charge is 2.75. The number of aliphatic hydroxyl groups is 1. The second kappa shape index (κ2) is 9.60. The Kier molecular flexibility index (Phi) is 7.16. The predicted molar refractivity (Wildman–Crippen MR) is 135 cm³/mol. The molecule has 1 spiro atoms.